The zero-order valence-corrected chi connectivity index (χ0v) is 15.4. The van der Waals surface area contributed by atoms with E-state index in [0.717, 1.165) is 57.5 Å². The second kappa shape index (κ2) is 9.72. The van der Waals surface area contributed by atoms with Crippen molar-refractivity contribution in [2.75, 3.05) is 32.8 Å². The summed E-state index contributed by atoms with van der Waals surface area (Å²) in [6, 6.07) is 18.6. The molecule has 1 atom stereocenters. The van der Waals surface area contributed by atoms with Crippen LogP contribution in [0.25, 0.3) is 0 Å². The fourth-order valence-electron chi connectivity index (χ4n) is 3.86. The predicted molar refractivity (Wildman–Crippen MR) is 105 cm³/mol. The number of aryl methyl sites for hydroxylation is 1. The molecule has 4 nitrogen and oxygen atoms in total. The van der Waals surface area contributed by atoms with Crippen molar-refractivity contribution >= 4 is 0 Å². The first-order valence-electron chi connectivity index (χ1n) is 9.63. The number of hydrogen-bond donors (Lipinski definition) is 2. The summed E-state index contributed by atoms with van der Waals surface area (Å²) in [5.41, 5.74) is 2.54. The van der Waals surface area contributed by atoms with E-state index < -0.39 is 0 Å². The lowest BCUT2D eigenvalue weighted by Crippen LogP contribution is -2.53. The van der Waals surface area contributed by atoms with Crippen LogP contribution in [0.1, 0.15) is 24.0 Å². The molecule has 2 N–H and O–H groups in total. The summed E-state index contributed by atoms with van der Waals surface area (Å²) in [7, 11) is 0. The molecule has 26 heavy (non-hydrogen) atoms. The van der Waals surface area contributed by atoms with E-state index in [1.165, 1.54) is 5.56 Å². The van der Waals surface area contributed by atoms with Crippen molar-refractivity contribution in [2.24, 2.45) is 0 Å². The second-order valence-corrected chi connectivity index (χ2v) is 7.20. The minimum atomic E-state index is 0.236. The largest absolute Gasteiger partial charge is 0.508 e. The van der Waals surface area contributed by atoms with Crippen LogP contribution in [0.4, 0.5) is 0 Å². The summed E-state index contributed by atoms with van der Waals surface area (Å²) in [6.07, 6.45) is 3.08. The SMILES string of the molecule is OCC[C@@H]1CN(Cc2cccc(O)c2)CCN1CCCc1ccccc1. The molecule has 2 aromatic rings. The molecule has 1 saturated heterocycles. The Bertz CT molecular complexity index is 662. The van der Waals surface area contributed by atoms with Crippen molar-refractivity contribution in [1.82, 2.24) is 9.80 Å². The monoisotopic (exact) mass is 354 g/mol. The fraction of sp³-hybridized carbons (Fsp3) is 0.455. The zero-order chi connectivity index (χ0) is 18.2. The van der Waals surface area contributed by atoms with Crippen molar-refractivity contribution in [2.45, 2.75) is 31.8 Å². The van der Waals surface area contributed by atoms with Gasteiger partial charge in [0.05, 0.1) is 0 Å². The van der Waals surface area contributed by atoms with E-state index in [1.807, 2.05) is 12.1 Å². The number of aliphatic hydroxyl groups is 1. The highest BCUT2D eigenvalue weighted by molar-refractivity contribution is 5.27. The third-order valence-corrected chi connectivity index (χ3v) is 5.22. The fourth-order valence-corrected chi connectivity index (χ4v) is 3.86. The Balaban J connectivity index is 1.50. The molecule has 0 unspecified atom stereocenters. The Hall–Kier alpha value is -1.88. The Kier molecular flexibility index (Phi) is 7.06. The van der Waals surface area contributed by atoms with Crippen molar-refractivity contribution in [3.05, 3.63) is 65.7 Å². The molecule has 0 saturated carbocycles. The first kappa shape index (κ1) is 18.9. The standard InChI is InChI=1S/C22H30N2O2/c25-15-11-21-18-23(17-20-8-4-10-22(26)16-20)13-14-24(21)12-5-9-19-6-2-1-3-7-19/h1-4,6-8,10,16,21,25-26H,5,9,11-15,17-18H2/t21-/m1/s1. The number of piperazine rings is 1. The van der Waals surface area contributed by atoms with Gasteiger partial charge in [0, 0.05) is 38.8 Å². The quantitative estimate of drug-likeness (QED) is 0.765. The third kappa shape index (κ3) is 5.56. The Morgan fingerprint density at radius 3 is 2.54 bits per heavy atom. The minimum absolute atomic E-state index is 0.236. The van der Waals surface area contributed by atoms with Crippen molar-refractivity contribution in [3.8, 4) is 5.75 Å². The van der Waals surface area contributed by atoms with Crippen LogP contribution in [0, 0.1) is 0 Å². The van der Waals surface area contributed by atoms with Gasteiger partial charge in [-0.25, -0.2) is 0 Å². The van der Waals surface area contributed by atoms with Crippen LogP contribution in [0.3, 0.4) is 0 Å². The molecule has 0 spiro atoms. The van der Waals surface area contributed by atoms with E-state index in [9.17, 15) is 10.2 Å². The molecule has 3 rings (SSSR count). The smallest absolute Gasteiger partial charge is 0.115 e. The van der Waals surface area contributed by atoms with Gasteiger partial charge < -0.3 is 10.2 Å². The molecule has 0 aromatic heterocycles. The Labute approximate surface area is 156 Å². The van der Waals surface area contributed by atoms with Crippen LogP contribution in [-0.2, 0) is 13.0 Å². The molecule has 1 aliphatic heterocycles. The third-order valence-electron chi connectivity index (χ3n) is 5.22. The number of nitrogens with zero attached hydrogens (tertiary/aromatic N) is 2. The predicted octanol–water partition coefficient (Wildman–Crippen LogP) is 2.89. The van der Waals surface area contributed by atoms with E-state index in [1.54, 1.807) is 6.07 Å². The molecule has 1 fully saturated rings. The molecule has 140 valence electrons. The van der Waals surface area contributed by atoms with Gasteiger partial charge in [-0.1, -0.05) is 42.5 Å². The van der Waals surface area contributed by atoms with Gasteiger partial charge in [-0.3, -0.25) is 9.80 Å². The highest BCUT2D eigenvalue weighted by Crippen LogP contribution is 2.18. The Morgan fingerprint density at radius 1 is 0.962 bits per heavy atom. The van der Waals surface area contributed by atoms with Gasteiger partial charge >= 0.3 is 0 Å². The van der Waals surface area contributed by atoms with Crippen molar-refractivity contribution in [3.63, 3.8) is 0 Å². The number of phenolic OH excluding ortho intramolecular Hbond substituents is 1. The molecule has 0 radical (unpaired) electrons. The first-order valence-corrected chi connectivity index (χ1v) is 9.63. The normalized spacial score (nSPS) is 18.9. The van der Waals surface area contributed by atoms with Crippen LogP contribution in [0.2, 0.25) is 0 Å². The molecule has 4 heteroatoms. The number of aromatic hydroxyl groups is 1. The topological polar surface area (TPSA) is 46.9 Å². The van der Waals surface area contributed by atoms with E-state index in [0.29, 0.717) is 11.8 Å². The maximum absolute atomic E-state index is 9.65. The lowest BCUT2D eigenvalue weighted by molar-refractivity contribution is 0.0546. The maximum atomic E-state index is 9.65. The molecule has 2 aromatic carbocycles. The summed E-state index contributed by atoms with van der Waals surface area (Å²) in [5, 5.41) is 19.1. The summed E-state index contributed by atoms with van der Waals surface area (Å²) in [4.78, 5) is 4.97. The van der Waals surface area contributed by atoms with Gasteiger partial charge in [0.25, 0.3) is 0 Å². The molecular weight excluding hydrogens is 324 g/mol. The summed E-state index contributed by atoms with van der Waals surface area (Å²) in [5.74, 6) is 0.328. The van der Waals surface area contributed by atoms with Crippen molar-refractivity contribution in [1.29, 1.82) is 0 Å². The number of phenols is 1. The summed E-state index contributed by atoms with van der Waals surface area (Å²) >= 11 is 0. The van der Waals surface area contributed by atoms with E-state index in [2.05, 4.69) is 46.2 Å². The number of hydrogen-bond acceptors (Lipinski definition) is 4. The van der Waals surface area contributed by atoms with Crippen LogP contribution in [0.5, 0.6) is 5.75 Å². The summed E-state index contributed by atoms with van der Waals surface area (Å²) < 4.78 is 0. The lowest BCUT2D eigenvalue weighted by atomic mass is 10.1. The Morgan fingerprint density at radius 2 is 1.77 bits per heavy atom. The minimum Gasteiger partial charge on any atom is -0.508 e. The highest BCUT2D eigenvalue weighted by Gasteiger charge is 2.26. The van der Waals surface area contributed by atoms with Gasteiger partial charge in [0.2, 0.25) is 0 Å². The van der Waals surface area contributed by atoms with Gasteiger partial charge in [-0.15, -0.1) is 0 Å². The van der Waals surface area contributed by atoms with Crippen LogP contribution >= 0.6 is 0 Å². The number of rotatable bonds is 8. The number of aliphatic hydroxyl groups excluding tert-OH is 1. The molecule has 0 aliphatic carbocycles. The van der Waals surface area contributed by atoms with Gasteiger partial charge in [-0.2, -0.15) is 0 Å². The molecule has 0 bridgehead atoms. The molecule has 1 aliphatic rings. The maximum Gasteiger partial charge on any atom is 0.115 e. The second-order valence-electron chi connectivity index (χ2n) is 7.20. The average molecular weight is 354 g/mol. The van der Waals surface area contributed by atoms with Gasteiger partial charge in [-0.05, 0) is 49.1 Å². The van der Waals surface area contributed by atoms with Crippen LogP contribution in [0.15, 0.2) is 54.6 Å². The number of benzene rings is 2. The zero-order valence-electron chi connectivity index (χ0n) is 15.4. The van der Waals surface area contributed by atoms with Gasteiger partial charge in [0.1, 0.15) is 5.75 Å². The van der Waals surface area contributed by atoms with E-state index in [-0.39, 0.29) is 6.61 Å². The van der Waals surface area contributed by atoms with Gasteiger partial charge in [0.15, 0.2) is 0 Å². The molecular formula is C22H30N2O2. The molecule has 1 heterocycles. The molecule has 0 amide bonds. The van der Waals surface area contributed by atoms with E-state index >= 15 is 0 Å². The van der Waals surface area contributed by atoms with E-state index in [4.69, 9.17) is 0 Å². The highest BCUT2D eigenvalue weighted by atomic mass is 16.3. The van der Waals surface area contributed by atoms with Crippen LogP contribution < -0.4 is 0 Å². The van der Waals surface area contributed by atoms with Crippen molar-refractivity contribution < 1.29 is 10.2 Å². The first-order chi connectivity index (χ1) is 12.7. The summed E-state index contributed by atoms with van der Waals surface area (Å²) in [6.45, 7) is 5.22. The average Bonchev–Trinajstić information content (AvgIpc) is 2.65. The van der Waals surface area contributed by atoms with Crippen LogP contribution in [-0.4, -0.2) is 58.8 Å². The lowest BCUT2D eigenvalue weighted by Gasteiger charge is -2.41.